The predicted octanol–water partition coefficient (Wildman–Crippen LogP) is 3.06. The first-order valence-electron chi connectivity index (χ1n) is 5.47. The SMILES string of the molecule is NNC(c1cscc1Br)C1CC2CC2C1. The van der Waals surface area contributed by atoms with Crippen LogP contribution in [-0.4, -0.2) is 0 Å². The molecule has 1 heterocycles. The molecule has 2 fully saturated rings. The van der Waals surface area contributed by atoms with Crippen LogP contribution in [0.5, 0.6) is 0 Å². The molecule has 1 aromatic heterocycles. The average Bonchev–Trinajstić information content (AvgIpc) is 2.65. The highest BCUT2D eigenvalue weighted by molar-refractivity contribution is 9.10. The Morgan fingerprint density at radius 3 is 2.60 bits per heavy atom. The number of nitrogens with two attached hydrogens (primary N) is 1. The monoisotopic (exact) mass is 286 g/mol. The average molecular weight is 287 g/mol. The van der Waals surface area contributed by atoms with Crippen molar-refractivity contribution >= 4 is 27.3 Å². The molecule has 0 amide bonds. The van der Waals surface area contributed by atoms with Crippen molar-refractivity contribution in [2.75, 3.05) is 0 Å². The van der Waals surface area contributed by atoms with Crippen molar-refractivity contribution in [3.05, 3.63) is 20.8 Å². The van der Waals surface area contributed by atoms with Gasteiger partial charge in [0.25, 0.3) is 0 Å². The molecule has 1 aromatic rings. The molecule has 0 aliphatic heterocycles. The van der Waals surface area contributed by atoms with E-state index < -0.39 is 0 Å². The van der Waals surface area contributed by atoms with E-state index in [4.69, 9.17) is 5.84 Å². The Kier molecular flexibility index (Phi) is 2.63. The molecule has 0 aromatic carbocycles. The number of hydrogen-bond acceptors (Lipinski definition) is 3. The Balaban J connectivity index is 1.79. The van der Waals surface area contributed by atoms with E-state index in [0.29, 0.717) is 6.04 Å². The van der Waals surface area contributed by atoms with Gasteiger partial charge in [-0.25, -0.2) is 0 Å². The Morgan fingerprint density at radius 1 is 1.33 bits per heavy atom. The molecular weight excluding hydrogens is 272 g/mol. The quantitative estimate of drug-likeness (QED) is 0.662. The summed E-state index contributed by atoms with van der Waals surface area (Å²) in [5.74, 6) is 8.48. The molecule has 3 atom stereocenters. The van der Waals surface area contributed by atoms with Crippen molar-refractivity contribution in [1.29, 1.82) is 0 Å². The van der Waals surface area contributed by atoms with Gasteiger partial charge in [0.1, 0.15) is 0 Å². The molecule has 2 aliphatic carbocycles. The third-order valence-corrected chi connectivity index (χ3v) is 5.66. The Hall–Kier alpha value is 0.100. The molecule has 2 saturated carbocycles. The maximum atomic E-state index is 5.71. The van der Waals surface area contributed by atoms with Crippen LogP contribution in [0.2, 0.25) is 0 Å². The van der Waals surface area contributed by atoms with Crippen LogP contribution in [-0.2, 0) is 0 Å². The van der Waals surface area contributed by atoms with Gasteiger partial charge in [0.2, 0.25) is 0 Å². The molecule has 0 saturated heterocycles. The van der Waals surface area contributed by atoms with Gasteiger partial charge in [-0.2, -0.15) is 11.3 Å². The van der Waals surface area contributed by atoms with Gasteiger partial charge in [-0.1, -0.05) is 0 Å². The lowest BCUT2D eigenvalue weighted by atomic mass is 9.91. The molecule has 3 rings (SSSR count). The first-order chi connectivity index (χ1) is 7.29. The minimum Gasteiger partial charge on any atom is -0.271 e. The second-order valence-electron chi connectivity index (χ2n) is 4.81. The van der Waals surface area contributed by atoms with Crippen LogP contribution < -0.4 is 11.3 Å². The number of halogens is 1. The molecule has 4 heteroatoms. The van der Waals surface area contributed by atoms with E-state index in [-0.39, 0.29) is 0 Å². The fraction of sp³-hybridized carbons (Fsp3) is 0.636. The summed E-state index contributed by atoms with van der Waals surface area (Å²) in [7, 11) is 0. The molecule has 82 valence electrons. The van der Waals surface area contributed by atoms with Crippen molar-refractivity contribution in [1.82, 2.24) is 5.43 Å². The normalized spacial score (nSPS) is 35.2. The summed E-state index contributed by atoms with van der Waals surface area (Å²) < 4.78 is 1.20. The lowest BCUT2D eigenvalue weighted by Gasteiger charge is -2.23. The van der Waals surface area contributed by atoms with E-state index in [1.54, 1.807) is 11.3 Å². The van der Waals surface area contributed by atoms with Crippen LogP contribution in [0.4, 0.5) is 0 Å². The highest BCUT2D eigenvalue weighted by Crippen LogP contribution is 2.57. The number of fused-ring (bicyclic) bond motifs is 1. The number of nitrogens with one attached hydrogen (secondary N) is 1. The Morgan fingerprint density at radius 2 is 2.07 bits per heavy atom. The van der Waals surface area contributed by atoms with Crippen LogP contribution in [0.1, 0.15) is 30.9 Å². The largest absolute Gasteiger partial charge is 0.271 e. The topological polar surface area (TPSA) is 38.0 Å². The second kappa shape index (κ2) is 3.84. The zero-order valence-corrected chi connectivity index (χ0v) is 10.9. The predicted molar refractivity (Wildman–Crippen MR) is 66.4 cm³/mol. The number of hydrazine groups is 1. The first kappa shape index (κ1) is 10.3. The van der Waals surface area contributed by atoms with E-state index in [2.05, 4.69) is 32.1 Å². The van der Waals surface area contributed by atoms with E-state index in [1.807, 2.05) is 0 Å². The van der Waals surface area contributed by atoms with Crippen molar-refractivity contribution < 1.29 is 0 Å². The first-order valence-corrected chi connectivity index (χ1v) is 7.21. The van der Waals surface area contributed by atoms with Crippen molar-refractivity contribution in [2.24, 2.45) is 23.6 Å². The fourth-order valence-corrected chi connectivity index (χ4v) is 4.61. The molecular formula is C11H15BrN2S. The number of thiophene rings is 1. The van der Waals surface area contributed by atoms with Crippen LogP contribution in [0.15, 0.2) is 15.2 Å². The minimum absolute atomic E-state index is 0.346. The van der Waals surface area contributed by atoms with Gasteiger partial charge in [0, 0.05) is 9.85 Å². The maximum Gasteiger partial charge on any atom is 0.0507 e. The third-order valence-electron chi connectivity index (χ3n) is 3.91. The number of hydrogen-bond donors (Lipinski definition) is 2. The van der Waals surface area contributed by atoms with Crippen LogP contribution in [0.3, 0.4) is 0 Å². The molecule has 3 unspecified atom stereocenters. The van der Waals surface area contributed by atoms with Gasteiger partial charge >= 0.3 is 0 Å². The maximum absolute atomic E-state index is 5.71. The van der Waals surface area contributed by atoms with Gasteiger partial charge < -0.3 is 0 Å². The Labute approximate surface area is 102 Å². The summed E-state index contributed by atoms with van der Waals surface area (Å²) in [5, 5.41) is 4.34. The van der Waals surface area contributed by atoms with Crippen molar-refractivity contribution in [3.63, 3.8) is 0 Å². The van der Waals surface area contributed by atoms with Gasteiger partial charge in [0.05, 0.1) is 6.04 Å². The van der Waals surface area contributed by atoms with E-state index in [1.165, 1.54) is 29.3 Å². The third kappa shape index (κ3) is 1.78. The summed E-state index contributed by atoms with van der Waals surface area (Å²) in [5.41, 5.74) is 4.35. The second-order valence-corrected chi connectivity index (χ2v) is 6.40. The minimum atomic E-state index is 0.346. The van der Waals surface area contributed by atoms with Gasteiger partial charge in [-0.3, -0.25) is 11.3 Å². The summed E-state index contributed by atoms with van der Waals surface area (Å²) >= 11 is 5.33. The molecule has 0 radical (unpaired) electrons. The zero-order chi connectivity index (χ0) is 10.4. The summed E-state index contributed by atoms with van der Waals surface area (Å²) in [6, 6.07) is 0.346. The number of rotatable bonds is 3. The Bertz CT molecular complexity index is 355. The molecule has 15 heavy (non-hydrogen) atoms. The lowest BCUT2D eigenvalue weighted by Crippen LogP contribution is -2.33. The van der Waals surface area contributed by atoms with Gasteiger partial charge in [0.15, 0.2) is 0 Å². The van der Waals surface area contributed by atoms with E-state index >= 15 is 0 Å². The highest BCUT2D eigenvalue weighted by Gasteiger charge is 2.48. The summed E-state index contributed by atoms with van der Waals surface area (Å²) in [4.78, 5) is 0. The van der Waals surface area contributed by atoms with E-state index in [9.17, 15) is 0 Å². The van der Waals surface area contributed by atoms with Crippen LogP contribution in [0, 0.1) is 17.8 Å². The lowest BCUT2D eigenvalue weighted by molar-refractivity contribution is 0.345. The van der Waals surface area contributed by atoms with Crippen molar-refractivity contribution in [3.8, 4) is 0 Å². The van der Waals surface area contributed by atoms with Crippen LogP contribution >= 0.6 is 27.3 Å². The van der Waals surface area contributed by atoms with Gasteiger partial charge in [-0.05, 0) is 63.9 Å². The molecule has 2 aliphatic rings. The molecule has 0 spiro atoms. The zero-order valence-electron chi connectivity index (χ0n) is 8.45. The van der Waals surface area contributed by atoms with Crippen molar-refractivity contribution in [2.45, 2.75) is 25.3 Å². The highest BCUT2D eigenvalue weighted by atomic mass is 79.9. The van der Waals surface area contributed by atoms with E-state index in [0.717, 1.165) is 17.8 Å². The summed E-state index contributed by atoms with van der Waals surface area (Å²) in [6.45, 7) is 0. The standard InChI is InChI=1S/C11H15BrN2S/c12-10-5-15-4-9(10)11(14-13)8-2-6-1-7(6)3-8/h4-8,11,14H,1-3,13H2. The van der Waals surface area contributed by atoms with Gasteiger partial charge in [-0.15, -0.1) is 0 Å². The summed E-state index contributed by atoms with van der Waals surface area (Å²) in [6.07, 6.45) is 4.20. The van der Waals surface area contributed by atoms with Crippen LogP contribution in [0.25, 0.3) is 0 Å². The smallest absolute Gasteiger partial charge is 0.0507 e. The molecule has 2 nitrogen and oxygen atoms in total. The molecule has 3 N–H and O–H groups in total. The fourth-order valence-electron chi connectivity index (χ4n) is 3.03. The molecule has 0 bridgehead atoms.